The van der Waals surface area contributed by atoms with Crippen LogP contribution in [0.4, 0.5) is 0 Å². The van der Waals surface area contributed by atoms with Crippen molar-refractivity contribution in [1.82, 2.24) is 9.80 Å². The monoisotopic (exact) mass is 258 g/mol. The van der Waals surface area contributed by atoms with Crippen molar-refractivity contribution >= 4 is 5.97 Å². The van der Waals surface area contributed by atoms with E-state index in [2.05, 4.69) is 36.2 Å². The van der Waals surface area contributed by atoms with Crippen LogP contribution in [0.2, 0.25) is 0 Å². The van der Waals surface area contributed by atoms with Crippen LogP contribution in [-0.4, -0.2) is 52.3 Å². The fourth-order valence-corrected chi connectivity index (χ4v) is 1.48. The van der Waals surface area contributed by atoms with E-state index in [0.717, 1.165) is 6.67 Å². The molecule has 0 aromatic heterocycles. The molecule has 0 bridgehead atoms. The quantitative estimate of drug-likeness (QED) is 0.710. The summed E-state index contributed by atoms with van der Waals surface area (Å²) in [5.41, 5.74) is 0. The molecule has 1 aliphatic heterocycles. The van der Waals surface area contributed by atoms with Gasteiger partial charge in [0, 0.05) is 26.0 Å². The van der Waals surface area contributed by atoms with Crippen molar-refractivity contribution in [2.24, 2.45) is 0 Å². The predicted molar refractivity (Wildman–Crippen MR) is 71.9 cm³/mol. The van der Waals surface area contributed by atoms with Gasteiger partial charge in [0.25, 0.3) is 0 Å². The maximum atomic E-state index is 9.45. The van der Waals surface area contributed by atoms with Crippen LogP contribution in [0, 0.1) is 0 Å². The van der Waals surface area contributed by atoms with Crippen LogP contribution in [0.1, 0.15) is 39.5 Å². The van der Waals surface area contributed by atoms with Crippen molar-refractivity contribution < 1.29 is 15.0 Å². The van der Waals surface area contributed by atoms with E-state index in [9.17, 15) is 4.79 Å². The zero-order valence-corrected chi connectivity index (χ0v) is 11.7. The molecule has 0 amide bonds. The van der Waals surface area contributed by atoms with Crippen LogP contribution >= 0.6 is 0 Å². The van der Waals surface area contributed by atoms with E-state index in [1.807, 2.05) is 0 Å². The Morgan fingerprint density at radius 3 is 2.33 bits per heavy atom. The van der Waals surface area contributed by atoms with E-state index in [-0.39, 0.29) is 0 Å². The summed E-state index contributed by atoms with van der Waals surface area (Å²) in [4.78, 5) is 14.0. The zero-order valence-electron chi connectivity index (χ0n) is 11.7. The fourth-order valence-electron chi connectivity index (χ4n) is 1.48. The van der Waals surface area contributed by atoms with Gasteiger partial charge in [-0.25, -0.2) is 4.79 Å². The van der Waals surface area contributed by atoms with E-state index in [0.29, 0.717) is 0 Å². The molecule has 0 fully saturated rings. The van der Waals surface area contributed by atoms with Gasteiger partial charge < -0.3 is 20.0 Å². The highest BCUT2D eigenvalue weighted by atomic mass is 16.4. The smallest absolute Gasteiger partial charge is 0.332 e. The Kier molecular flexibility index (Phi) is 9.10. The summed E-state index contributed by atoms with van der Waals surface area (Å²) in [6, 6.07) is 0. The van der Waals surface area contributed by atoms with Crippen molar-refractivity contribution in [1.29, 1.82) is 0 Å². The van der Waals surface area contributed by atoms with Crippen LogP contribution in [0.5, 0.6) is 0 Å². The molecule has 1 rings (SSSR count). The molecule has 0 unspecified atom stereocenters. The van der Waals surface area contributed by atoms with Crippen LogP contribution in [0.3, 0.4) is 0 Å². The van der Waals surface area contributed by atoms with Crippen molar-refractivity contribution in [2.45, 2.75) is 45.6 Å². The number of unbranched alkanes of at least 4 members (excludes halogenated alkanes) is 3. The number of hydrogen-bond donors (Lipinski definition) is 2. The second kappa shape index (κ2) is 9.76. The first-order valence-electron chi connectivity index (χ1n) is 6.50. The molecule has 1 aliphatic rings. The van der Waals surface area contributed by atoms with Gasteiger partial charge in [-0.05, 0) is 13.3 Å². The topological polar surface area (TPSA) is 64.0 Å². The zero-order chi connectivity index (χ0) is 14.0. The number of carboxylic acids is 1. The van der Waals surface area contributed by atoms with Crippen LogP contribution < -0.4 is 0 Å². The Labute approximate surface area is 110 Å². The molecule has 0 spiro atoms. The Balaban J connectivity index is 0.000000411. The summed E-state index contributed by atoms with van der Waals surface area (Å²) in [6.07, 6.45) is 8.52. The van der Waals surface area contributed by atoms with E-state index >= 15 is 0 Å². The van der Waals surface area contributed by atoms with Gasteiger partial charge in [-0.1, -0.05) is 26.2 Å². The largest absolute Gasteiger partial charge is 0.479 e. The molecule has 0 aromatic rings. The van der Waals surface area contributed by atoms with E-state index in [4.69, 9.17) is 10.2 Å². The number of aliphatic hydroxyl groups is 1. The van der Waals surface area contributed by atoms with Gasteiger partial charge in [0.05, 0.1) is 6.67 Å². The van der Waals surface area contributed by atoms with Gasteiger partial charge in [0.15, 0.2) is 0 Å². The molecule has 1 atom stereocenters. The minimum atomic E-state index is -1.23. The lowest BCUT2D eigenvalue weighted by Crippen LogP contribution is -2.23. The Morgan fingerprint density at radius 2 is 1.94 bits per heavy atom. The normalized spacial score (nSPS) is 15.3. The van der Waals surface area contributed by atoms with E-state index in [1.54, 1.807) is 0 Å². The number of aliphatic hydroxyl groups excluding tert-OH is 1. The molecule has 0 aromatic carbocycles. The highest BCUT2D eigenvalue weighted by Crippen LogP contribution is 2.06. The second-order valence-electron chi connectivity index (χ2n) is 4.58. The van der Waals surface area contributed by atoms with E-state index < -0.39 is 12.1 Å². The molecule has 0 aliphatic carbocycles. The van der Waals surface area contributed by atoms with Crippen molar-refractivity contribution in [3.8, 4) is 0 Å². The van der Waals surface area contributed by atoms with E-state index in [1.165, 1.54) is 39.2 Å². The molecule has 106 valence electrons. The molecular formula is C13H26N2O3. The highest BCUT2D eigenvalue weighted by Gasteiger charge is 2.06. The van der Waals surface area contributed by atoms with Crippen LogP contribution in [0.15, 0.2) is 12.4 Å². The predicted octanol–water partition coefficient (Wildman–Crippen LogP) is 1.69. The van der Waals surface area contributed by atoms with Crippen LogP contribution in [0.25, 0.3) is 0 Å². The molecule has 5 heteroatoms. The Bertz CT molecular complexity index is 255. The Hall–Kier alpha value is -1.23. The third-order valence-corrected chi connectivity index (χ3v) is 2.59. The summed E-state index contributed by atoms with van der Waals surface area (Å²) in [6.45, 7) is 5.75. The third kappa shape index (κ3) is 8.87. The molecular weight excluding hydrogens is 232 g/mol. The van der Waals surface area contributed by atoms with Gasteiger partial charge in [0.2, 0.25) is 0 Å². The molecule has 18 heavy (non-hydrogen) atoms. The fraction of sp³-hybridized carbons (Fsp3) is 0.769. The minimum Gasteiger partial charge on any atom is -0.479 e. The second-order valence-corrected chi connectivity index (χ2v) is 4.58. The standard InChI is InChI=1S/C10H20N2.C3H6O3/c1-3-4-5-6-7-12-9-8-11(2)10-12;1-2(4)3(5)6/h8-9H,3-7,10H2,1-2H3;2,4H,1H3,(H,5,6)/t;2-/m.0/s1. The number of hydrogen-bond acceptors (Lipinski definition) is 4. The van der Waals surface area contributed by atoms with Gasteiger partial charge in [-0.3, -0.25) is 0 Å². The maximum Gasteiger partial charge on any atom is 0.332 e. The maximum absolute atomic E-state index is 9.45. The molecule has 0 saturated carbocycles. The van der Waals surface area contributed by atoms with Gasteiger partial charge in [-0.2, -0.15) is 0 Å². The highest BCUT2D eigenvalue weighted by molar-refractivity contribution is 5.71. The first-order valence-corrected chi connectivity index (χ1v) is 6.50. The number of nitrogens with zero attached hydrogens (tertiary/aromatic N) is 2. The first-order chi connectivity index (χ1) is 8.47. The average Bonchev–Trinajstić information content (AvgIpc) is 2.71. The average molecular weight is 258 g/mol. The summed E-state index contributed by atoms with van der Waals surface area (Å²) in [7, 11) is 2.11. The first kappa shape index (κ1) is 16.8. The van der Waals surface area contributed by atoms with Crippen molar-refractivity contribution in [3.05, 3.63) is 12.4 Å². The minimum absolute atomic E-state index is 1.08. The molecule has 0 saturated heterocycles. The molecule has 0 radical (unpaired) electrons. The summed E-state index contributed by atoms with van der Waals surface area (Å²) >= 11 is 0. The summed E-state index contributed by atoms with van der Waals surface area (Å²) < 4.78 is 0. The summed E-state index contributed by atoms with van der Waals surface area (Å²) in [5, 5.41) is 15.8. The molecule has 5 nitrogen and oxygen atoms in total. The van der Waals surface area contributed by atoms with Gasteiger partial charge in [0.1, 0.15) is 6.10 Å². The number of aliphatic carboxylic acids is 1. The Morgan fingerprint density at radius 1 is 1.33 bits per heavy atom. The summed E-state index contributed by atoms with van der Waals surface area (Å²) in [5.74, 6) is -1.19. The van der Waals surface area contributed by atoms with Crippen molar-refractivity contribution in [2.75, 3.05) is 20.3 Å². The number of rotatable bonds is 6. The van der Waals surface area contributed by atoms with Gasteiger partial charge in [-0.15, -0.1) is 0 Å². The third-order valence-electron chi connectivity index (χ3n) is 2.59. The molecule has 2 N–H and O–H groups in total. The number of carboxylic acid groups (broad SMARTS) is 1. The van der Waals surface area contributed by atoms with Crippen molar-refractivity contribution in [3.63, 3.8) is 0 Å². The lowest BCUT2D eigenvalue weighted by Gasteiger charge is -2.17. The lowest BCUT2D eigenvalue weighted by molar-refractivity contribution is -0.145. The number of carbonyl (C=O) groups is 1. The molecule has 1 heterocycles. The van der Waals surface area contributed by atoms with Crippen LogP contribution in [-0.2, 0) is 4.79 Å². The lowest BCUT2D eigenvalue weighted by atomic mass is 10.2. The van der Waals surface area contributed by atoms with Gasteiger partial charge >= 0.3 is 5.97 Å². The SMILES string of the molecule is CCCCCCN1C=CN(C)C1.C[C@H](O)C(=O)O.